The van der Waals surface area contributed by atoms with Crippen molar-refractivity contribution in [3.63, 3.8) is 0 Å². The van der Waals surface area contributed by atoms with Gasteiger partial charge in [0.2, 0.25) is 11.8 Å². The minimum absolute atomic E-state index is 0.0533. The number of nitrogens with one attached hydrogen (secondary N) is 1. The number of benzene rings is 3. The molecule has 2 amide bonds. The van der Waals surface area contributed by atoms with Crippen LogP contribution in [-0.2, 0) is 26.2 Å². The number of amides is 2. The standard InChI is InChI=1S/C30H36ClN3O4S/c1-21(2)18-32-30(36)24(5)33(19-25-10-7-6-8-11-25)29(35)20-34(28-13-9-12-27(31)23(28)4)39(37,38)26-16-14-22(3)15-17-26/h6-17,21,24H,18-20H2,1-5H3,(H,32,36)/t24-/m1/s1. The van der Waals surface area contributed by atoms with E-state index in [2.05, 4.69) is 5.32 Å². The number of carbonyl (C=O) groups is 2. The van der Waals surface area contributed by atoms with Gasteiger partial charge >= 0.3 is 0 Å². The topological polar surface area (TPSA) is 86.8 Å². The van der Waals surface area contributed by atoms with Crippen LogP contribution in [0.3, 0.4) is 0 Å². The predicted octanol–water partition coefficient (Wildman–Crippen LogP) is 5.34. The maximum atomic E-state index is 14.0. The van der Waals surface area contributed by atoms with Crippen LogP contribution in [0.5, 0.6) is 0 Å². The molecule has 39 heavy (non-hydrogen) atoms. The van der Waals surface area contributed by atoms with Gasteiger partial charge in [0.05, 0.1) is 10.6 Å². The van der Waals surface area contributed by atoms with Gasteiger partial charge in [0.25, 0.3) is 10.0 Å². The lowest BCUT2D eigenvalue weighted by atomic mass is 10.1. The molecular formula is C30H36ClN3O4S. The monoisotopic (exact) mass is 569 g/mol. The smallest absolute Gasteiger partial charge is 0.264 e. The average molecular weight is 570 g/mol. The van der Waals surface area contributed by atoms with Gasteiger partial charge in [-0.15, -0.1) is 0 Å². The molecule has 1 atom stereocenters. The molecule has 0 heterocycles. The van der Waals surface area contributed by atoms with Crippen molar-refractivity contribution >= 4 is 39.1 Å². The van der Waals surface area contributed by atoms with Crippen LogP contribution in [0, 0.1) is 19.8 Å². The Morgan fingerprint density at radius 1 is 0.897 bits per heavy atom. The molecule has 0 aromatic heterocycles. The molecule has 0 aliphatic rings. The van der Waals surface area contributed by atoms with Crippen LogP contribution in [0.25, 0.3) is 0 Å². The third kappa shape index (κ3) is 7.61. The highest BCUT2D eigenvalue weighted by Crippen LogP contribution is 2.31. The van der Waals surface area contributed by atoms with Gasteiger partial charge in [-0.25, -0.2) is 8.42 Å². The first-order valence-electron chi connectivity index (χ1n) is 12.9. The zero-order valence-corrected chi connectivity index (χ0v) is 24.6. The summed E-state index contributed by atoms with van der Waals surface area (Å²) in [4.78, 5) is 28.5. The number of hydrogen-bond donors (Lipinski definition) is 1. The Morgan fingerprint density at radius 3 is 2.15 bits per heavy atom. The lowest BCUT2D eigenvalue weighted by molar-refractivity contribution is -0.139. The Hall–Kier alpha value is -3.36. The molecule has 3 rings (SSSR count). The van der Waals surface area contributed by atoms with Crippen molar-refractivity contribution in [2.75, 3.05) is 17.4 Å². The quantitative estimate of drug-likeness (QED) is 0.338. The fourth-order valence-corrected chi connectivity index (χ4v) is 5.67. The summed E-state index contributed by atoms with van der Waals surface area (Å²) in [7, 11) is -4.15. The molecule has 0 fully saturated rings. The van der Waals surface area contributed by atoms with Crippen molar-refractivity contribution < 1.29 is 18.0 Å². The molecule has 208 valence electrons. The van der Waals surface area contributed by atoms with E-state index in [1.54, 1.807) is 44.2 Å². The number of carbonyl (C=O) groups excluding carboxylic acids is 2. The van der Waals surface area contributed by atoms with E-state index in [9.17, 15) is 18.0 Å². The van der Waals surface area contributed by atoms with E-state index in [1.165, 1.54) is 17.0 Å². The summed E-state index contributed by atoms with van der Waals surface area (Å²) >= 11 is 6.36. The molecule has 0 bridgehead atoms. The third-order valence-electron chi connectivity index (χ3n) is 6.44. The molecule has 0 aliphatic carbocycles. The Morgan fingerprint density at radius 2 is 1.54 bits per heavy atom. The predicted molar refractivity (Wildman–Crippen MR) is 156 cm³/mol. The van der Waals surface area contributed by atoms with Crippen LogP contribution in [0.2, 0.25) is 5.02 Å². The van der Waals surface area contributed by atoms with E-state index >= 15 is 0 Å². The van der Waals surface area contributed by atoms with Gasteiger partial charge in [0.15, 0.2) is 0 Å². The number of halogens is 1. The summed E-state index contributed by atoms with van der Waals surface area (Å²) in [6, 6.07) is 19.9. The average Bonchev–Trinajstić information content (AvgIpc) is 2.91. The van der Waals surface area contributed by atoms with Crippen LogP contribution in [-0.4, -0.2) is 44.3 Å². The van der Waals surface area contributed by atoms with Gasteiger partial charge in [-0.2, -0.15) is 0 Å². The van der Waals surface area contributed by atoms with Crippen molar-refractivity contribution in [2.24, 2.45) is 5.92 Å². The molecule has 3 aromatic carbocycles. The number of hydrogen-bond acceptors (Lipinski definition) is 4. The van der Waals surface area contributed by atoms with E-state index in [0.717, 1.165) is 15.4 Å². The Kier molecular flexibility index (Phi) is 10.2. The first-order valence-corrected chi connectivity index (χ1v) is 14.7. The second-order valence-corrected chi connectivity index (χ2v) is 12.3. The molecule has 0 radical (unpaired) electrons. The molecule has 0 unspecified atom stereocenters. The van der Waals surface area contributed by atoms with E-state index in [4.69, 9.17) is 11.6 Å². The summed E-state index contributed by atoms with van der Waals surface area (Å²) in [5.41, 5.74) is 2.56. The molecule has 1 N–H and O–H groups in total. The Labute approximate surface area is 236 Å². The Bertz CT molecular complexity index is 1390. The lowest BCUT2D eigenvalue weighted by Gasteiger charge is -2.32. The van der Waals surface area contributed by atoms with Gasteiger partial charge in [-0.1, -0.05) is 79.5 Å². The first kappa shape index (κ1) is 30.2. The lowest BCUT2D eigenvalue weighted by Crippen LogP contribution is -2.51. The van der Waals surface area contributed by atoms with Crippen LogP contribution in [0.4, 0.5) is 5.69 Å². The second kappa shape index (κ2) is 13.1. The highest BCUT2D eigenvalue weighted by atomic mass is 35.5. The molecular weight excluding hydrogens is 534 g/mol. The van der Waals surface area contributed by atoms with Gasteiger partial charge < -0.3 is 10.2 Å². The molecule has 0 saturated carbocycles. The molecule has 3 aromatic rings. The van der Waals surface area contributed by atoms with Gasteiger partial charge in [-0.05, 0) is 62.1 Å². The number of sulfonamides is 1. The van der Waals surface area contributed by atoms with Crippen molar-refractivity contribution in [3.05, 3.63) is 94.5 Å². The van der Waals surface area contributed by atoms with Crippen molar-refractivity contribution in [3.8, 4) is 0 Å². The van der Waals surface area contributed by atoms with Crippen LogP contribution in [0.1, 0.15) is 37.5 Å². The van der Waals surface area contributed by atoms with Crippen LogP contribution in [0.15, 0.2) is 77.7 Å². The summed E-state index contributed by atoms with van der Waals surface area (Å²) in [6.07, 6.45) is 0. The summed E-state index contributed by atoms with van der Waals surface area (Å²) < 4.78 is 29.0. The first-order chi connectivity index (χ1) is 18.4. The van der Waals surface area contributed by atoms with Gasteiger partial charge in [-0.3, -0.25) is 13.9 Å². The minimum atomic E-state index is -4.15. The van der Waals surface area contributed by atoms with E-state index < -0.39 is 28.5 Å². The SMILES string of the molecule is Cc1ccc(S(=O)(=O)N(CC(=O)N(Cc2ccccc2)[C@H](C)C(=O)NCC(C)C)c2cccc(Cl)c2C)cc1. The van der Waals surface area contributed by atoms with E-state index in [0.29, 0.717) is 22.8 Å². The van der Waals surface area contributed by atoms with E-state index in [-0.39, 0.29) is 23.3 Å². The maximum absolute atomic E-state index is 14.0. The number of nitrogens with zero attached hydrogens (tertiary/aromatic N) is 2. The molecule has 0 aliphatic heterocycles. The molecule has 0 spiro atoms. The zero-order valence-electron chi connectivity index (χ0n) is 23.0. The highest BCUT2D eigenvalue weighted by molar-refractivity contribution is 7.92. The fourth-order valence-electron chi connectivity index (χ4n) is 4.03. The summed E-state index contributed by atoms with van der Waals surface area (Å²) in [5.74, 6) is -0.582. The normalized spacial score (nSPS) is 12.2. The van der Waals surface area contributed by atoms with E-state index in [1.807, 2.05) is 51.1 Å². The maximum Gasteiger partial charge on any atom is 0.264 e. The summed E-state index contributed by atoms with van der Waals surface area (Å²) in [5, 5.41) is 3.26. The van der Waals surface area contributed by atoms with Crippen molar-refractivity contribution in [1.29, 1.82) is 0 Å². The van der Waals surface area contributed by atoms with Gasteiger partial charge in [0, 0.05) is 18.1 Å². The number of anilines is 1. The summed E-state index contributed by atoms with van der Waals surface area (Å²) in [6.45, 7) is 9.30. The van der Waals surface area contributed by atoms with Crippen LogP contribution >= 0.6 is 11.6 Å². The van der Waals surface area contributed by atoms with Gasteiger partial charge in [0.1, 0.15) is 12.6 Å². The fraction of sp³-hybridized carbons (Fsp3) is 0.333. The number of aryl methyl sites for hydroxylation is 1. The highest BCUT2D eigenvalue weighted by Gasteiger charge is 2.33. The molecule has 9 heteroatoms. The molecule has 7 nitrogen and oxygen atoms in total. The van der Waals surface area contributed by atoms with Crippen LogP contribution < -0.4 is 9.62 Å². The van der Waals surface area contributed by atoms with Crippen molar-refractivity contribution in [2.45, 2.75) is 52.1 Å². The second-order valence-electron chi connectivity index (χ2n) is 10.0. The number of rotatable bonds is 11. The third-order valence-corrected chi connectivity index (χ3v) is 8.63. The minimum Gasteiger partial charge on any atom is -0.354 e. The zero-order chi connectivity index (χ0) is 28.7. The molecule has 0 saturated heterocycles. The van der Waals surface area contributed by atoms with Crippen molar-refractivity contribution in [1.82, 2.24) is 10.2 Å². The Balaban J connectivity index is 2.04. The largest absolute Gasteiger partial charge is 0.354 e.